The number of rotatable bonds is 3. The normalized spacial score (nSPS) is 19.3. The lowest BCUT2D eigenvalue weighted by Crippen LogP contribution is -2.41. The second-order valence-corrected chi connectivity index (χ2v) is 5.67. The summed E-state index contributed by atoms with van der Waals surface area (Å²) in [5, 5.41) is 19.8. The number of phenolic OH excluding ortho intramolecular Hbond substituents is 1. The maximum absolute atomic E-state index is 11.4. The van der Waals surface area contributed by atoms with Gasteiger partial charge in [0.25, 0.3) is 0 Å². The molecule has 1 aliphatic rings. The molecule has 1 heterocycles. The fourth-order valence-corrected chi connectivity index (χ4v) is 2.36. The van der Waals surface area contributed by atoms with E-state index in [4.69, 9.17) is 0 Å². The predicted molar refractivity (Wildman–Crippen MR) is 73.2 cm³/mol. The van der Waals surface area contributed by atoms with Gasteiger partial charge in [0.15, 0.2) is 5.78 Å². The van der Waals surface area contributed by atoms with Gasteiger partial charge in [-0.25, -0.2) is 0 Å². The SMILES string of the molecule is CC(=O)c1ccc(O)c(CN2CCC(C)(O)CC2)c1. The van der Waals surface area contributed by atoms with Crippen molar-refractivity contribution in [3.8, 4) is 5.75 Å². The first-order valence-corrected chi connectivity index (χ1v) is 6.65. The summed E-state index contributed by atoms with van der Waals surface area (Å²) in [7, 11) is 0. The molecule has 2 rings (SSSR count). The highest BCUT2D eigenvalue weighted by Gasteiger charge is 2.27. The molecule has 0 aromatic heterocycles. The zero-order valence-corrected chi connectivity index (χ0v) is 11.5. The summed E-state index contributed by atoms with van der Waals surface area (Å²) in [5.41, 5.74) is 0.825. The lowest BCUT2D eigenvalue weighted by Gasteiger charge is -2.35. The maximum atomic E-state index is 11.4. The van der Waals surface area contributed by atoms with Gasteiger partial charge in [-0.05, 0) is 44.9 Å². The molecule has 4 nitrogen and oxygen atoms in total. The van der Waals surface area contributed by atoms with Gasteiger partial charge in [-0.2, -0.15) is 0 Å². The van der Waals surface area contributed by atoms with Crippen molar-refractivity contribution in [2.75, 3.05) is 13.1 Å². The Balaban J connectivity index is 2.07. The van der Waals surface area contributed by atoms with Crippen LogP contribution in [-0.2, 0) is 6.54 Å². The molecule has 19 heavy (non-hydrogen) atoms. The number of likely N-dealkylation sites (tertiary alicyclic amines) is 1. The van der Waals surface area contributed by atoms with Gasteiger partial charge >= 0.3 is 0 Å². The third kappa shape index (κ3) is 3.55. The highest BCUT2D eigenvalue weighted by molar-refractivity contribution is 5.94. The Morgan fingerprint density at radius 3 is 2.58 bits per heavy atom. The van der Waals surface area contributed by atoms with E-state index >= 15 is 0 Å². The zero-order valence-electron chi connectivity index (χ0n) is 11.5. The zero-order chi connectivity index (χ0) is 14.0. The first-order chi connectivity index (χ1) is 8.87. The van der Waals surface area contributed by atoms with Crippen LogP contribution < -0.4 is 0 Å². The van der Waals surface area contributed by atoms with Crippen LogP contribution in [0.2, 0.25) is 0 Å². The largest absolute Gasteiger partial charge is 0.508 e. The fraction of sp³-hybridized carbons (Fsp3) is 0.533. The molecule has 4 heteroatoms. The molecule has 104 valence electrons. The highest BCUT2D eigenvalue weighted by atomic mass is 16.3. The Labute approximate surface area is 113 Å². The van der Waals surface area contributed by atoms with Gasteiger partial charge in [0, 0.05) is 30.8 Å². The highest BCUT2D eigenvalue weighted by Crippen LogP contribution is 2.25. The molecule has 1 aliphatic heterocycles. The lowest BCUT2D eigenvalue weighted by atomic mass is 9.93. The number of nitrogens with zero attached hydrogens (tertiary/aromatic N) is 1. The second-order valence-electron chi connectivity index (χ2n) is 5.67. The Morgan fingerprint density at radius 1 is 1.37 bits per heavy atom. The molecule has 0 amide bonds. The Hall–Kier alpha value is -1.39. The molecular weight excluding hydrogens is 242 g/mol. The van der Waals surface area contributed by atoms with Crippen LogP contribution in [0.1, 0.15) is 42.6 Å². The van der Waals surface area contributed by atoms with E-state index in [-0.39, 0.29) is 11.5 Å². The predicted octanol–water partition coefficient (Wildman–Crippen LogP) is 1.94. The van der Waals surface area contributed by atoms with Gasteiger partial charge in [-0.15, -0.1) is 0 Å². The minimum Gasteiger partial charge on any atom is -0.508 e. The van der Waals surface area contributed by atoms with Crippen LogP contribution in [0.25, 0.3) is 0 Å². The average molecular weight is 263 g/mol. The molecule has 2 N–H and O–H groups in total. The van der Waals surface area contributed by atoms with E-state index in [1.54, 1.807) is 18.2 Å². The molecule has 0 atom stereocenters. The van der Waals surface area contributed by atoms with Gasteiger partial charge in [-0.1, -0.05) is 0 Å². The number of carbonyl (C=O) groups is 1. The molecule has 0 spiro atoms. The van der Waals surface area contributed by atoms with Crippen molar-refractivity contribution in [3.63, 3.8) is 0 Å². The van der Waals surface area contributed by atoms with Crippen molar-refractivity contribution in [1.82, 2.24) is 4.90 Å². The van der Waals surface area contributed by atoms with E-state index in [0.717, 1.165) is 31.5 Å². The molecule has 1 aromatic rings. The Bertz CT molecular complexity index is 472. The van der Waals surface area contributed by atoms with Crippen molar-refractivity contribution in [2.24, 2.45) is 0 Å². The first-order valence-electron chi connectivity index (χ1n) is 6.65. The van der Waals surface area contributed by atoms with E-state index in [1.165, 1.54) is 6.92 Å². The summed E-state index contributed by atoms with van der Waals surface area (Å²) >= 11 is 0. The summed E-state index contributed by atoms with van der Waals surface area (Å²) in [6, 6.07) is 4.97. The van der Waals surface area contributed by atoms with Crippen molar-refractivity contribution in [1.29, 1.82) is 0 Å². The van der Waals surface area contributed by atoms with Gasteiger partial charge in [-0.3, -0.25) is 9.69 Å². The van der Waals surface area contributed by atoms with Crippen LogP contribution in [0.4, 0.5) is 0 Å². The number of carbonyl (C=O) groups excluding carboxylic acids is 1. The quantitative estimate of drug-likeness (QED) is 0.818. The maximum Gasteiger partial charge on any atom is 0.159 e. The summed E-state index contributed by atoms with van der Waals surface area (Å²) < 4.78 is 0. The van der Waals surface area contributed by atoms with Crippen LogP contribution in [-0.4, -0.2) is 39.6 Å². The lowest BCUT2D eigenvalue weighted by molar-refractivity contribution is -0.00741. The third-order valence-electron chi connectivity index (χ3n) is 3.81. The number of aromatic hydroxyl groups is 1. The van der Waals surface area contributed by atoms with Gasteiger partial charge < -0.3 is 10.2 Å². The van der Waals surface area contributed by atoms with Crippen molar-refractivity contribution < 1.29 is 15.0 Å². The first kappa shape index (κ1) is 14.0. The molecule has 1 aromatic carbocycles. The van der Waals surface area contributed by atoms with Crippen molar-refractivity contribution >= 4 is 5.78 Å². The summed E-state index contributed by atoms with van der Waals surface area (Å²) in [6.07, 6.45) is 1.47. The fourth-order valence-electron chi connectivity index (χ4n) is 2.36. The Morgan fingerprint density at radius 2 is 2.00 bits per heavy atom. The molecule has 1 saturated heterocycles. The summed E-state index contributed by atoms with van der Waals surface area (Å²) in [5.74, 6) is 0.227. The molecule has 0 bridgehead atoms. The third-order valence-corrected chi connectivity index (χ3v) is 3.81. The summed E-state index contributed by atoms with van der Waals surface area (Å²) in [4.78, 5) is 13.5. The minimum atomic E-state index is -0.570. The number of ketones is 1. The van der Waals surface area contributed by atoms with E-state index in [9.17, 15) is 15.0 Å². The van der Waals surface area contributed by atoms with E-state index in [2.05, 4.69) is 4.90 Å². The standard InChI is InChI=1S/C15H21NO3/c1-11(17)12-3-4-14(18)13(9-12)10-16-7-5-15(2,19)6-8-16/h3-4,9,18-19H,5-8,10H2,1-2H3. The number of phenols is 1. The number of hydrogen-bond donors (Lipinski definition) is 2. The van der Waals surface area contributed by atoms with Gasteiger partial charge in [0.1, 0.15) is 5.75 Å². The molecule has 0 saturated carbocycles. The molecular formula is C15H21NO3. The van der Waals surface area contributed by atoms with Crippen LogP contribution >= 0.6 is 0 Å². The number of hydrogen-bond acceptors (Lipinski definition) is 4. The smallest absolute Gasteiger partial charge is 0.159 e. The second kappa shape index (κ2) is 5.31. The molecule has 0 unspecified atom stereocenters. The molecule has 0 aliphatic carbocycles. The topological polar surface area (TPSA) is 60.8 Å². The Kier molecular flexibility index (Phi) is 3.92. The number of benzene rings is 1. The van der Waals surface area contributed by atoms with E-state index in [0.29, 0.717) is 12.1 Å². The van der Waals surface area contributed by atoms with Gasteiger partial charge in [0.2, 0.25) is 0 Å². The monoisotopic (exact) mass is 263 g/mol. The van der Waals surface area contributed by atoms with Crippen molar-refractivity contribution in [3.05, 3.63) is 29.3 Å². The average Bonchev–Trinajstić information content (AvgIpc) is 2.34. The van der Waals surface area contributed by atoms with Crippen LogP contribution in [0.15, 0.2) is 18.2 Å². The minimum absolute atomic E-state index is 0.00262. The summed E-state index contributed by atoms with van der Waals surface area (Å²) in [6.45, 7) is 5.60. The van der Waals surface area contributed by atoms with Gasteiger partial charge in [0.05, 0.1) is 5.60 Å². The van der Waals surface area contributed by atoms with Crippen LogP contribution in [0.5, 0.6) is 5.75 Å². The van der Waals surface area contributed by atoms with E-state index < -0.39 is 5.60 Å². The number of piperidine rings is 1. The van der Waals surface area contributed by atoms with Crippen molar-refractivity contribution in [2.45, 2.75) is 38.8 Å². The number of aliphatic hydroxyl groups is 1. The number of Topliss-reactive ketones (excluding diaryl/α,β-unsaturated/α-hetero) is 1. The van der Waals surface area contributed by atoms with Crippen LogP contribution in [0.3, 0.4) is 0 Å². The molecule has 1 fully saturated rings. The molecule has 0 radical (unpaired) electrons. The van der Waals surface area contributed by atoms with E-state index in [1.807, 2.05) is 6.92 Å². The van der Waals surface area contributed by atoms with Crippen LogP contribution in [0, 0.1) is 0 Å².